The zero-order chi connectivity index (χ0) is 12.8. The second kappa shape index (κ2) is 6.47. The number of halogens is 1. The molecule has 1 aromatic rings. The molecule has 3 N–H and O–H groups in total. The summed E-state index contributed by atoms with van der Waals surface area (Å²) in [6.07, 6.45) is 0. The minimum Gasteiger partial charge on any atom is -0.491 e. The van der Waals surface area contributed by atoms with Crippen molar-refractivity contribution in [1.82, 2.24) is 5.32 Å². The highest BCUT2D eigenvalue weighted by molar-refractivity contribution is 6.30. The van der Waals surface area contributed by atoms with E-state index in [9.17, 15) is 4.79 Å². The van der Waals surface area contributed by atoms with Gasteiger partial charge >= 0.3 is 0 Å². The Morgan fingerprint density at radius 2 is 2.24 bits per heavy atom. The van der Waals surface area contributed by atoms with Gasteiger partial charge in [-0.1, -0.05) is 25.4 Å². The predicted molar refractivity (Wildman–Crippen MR) is 68.6 cm³/mol. The molecule has 0 heterocycles. The molecular formula is C12H17ClN2O2. The first-order chi connectivity index (χ1) is 8.00. The van der Waals surface area contributed by atoms with Crippen molar-refractivity contribution in [2.75, 3.05) is 13.2 Å². The van der Waals surface area contributed by atoms with E-state index >= 15 is 0 Å². The number of rotatable bonds is 6. The van der Waals surface area contributed by atoms with E-state index in [1.54, 1.807) is 18.2 Å². The van der Waals surface area contributed by atoms with E-state index in [4.69, 9.17) is 22.1 Å². The van der Waals surface area contributed by atoms with E-state index in [1.165, 1.54) is 0 Å². The summed E-state index contributed by atoms with van der Waals surface area (Å²) in [6, 6.07) is 5.17. The second-order valence-electron chi connectivity index (χ2n) is 3.96. The summed E-state index contributed by atoms with van der Waals surface area (Å²) in [4.78, 5) is 11.2. The average molecular weight is 257 g/mol. The molecule has 1 amide bonds. The van der Waals surface area contributed by atoms with E-state index < -0.39 is 5.91 Å². The fourth-order valence-electron chi connectivity index (χ4n) is 1.33. The minimum atomic E-state index is -0.520. The minimum absolute atomic E-state index is 0.346. The van der Waals surface area contributed by atoms with Crippen LogP contribution >= 0.6 is 11.6 Å². The summed E-state index contributed by atoms with van der Waals surface area (Å²) >= 11 is 5.84. The van der Waals surface area contributed by atoms with Crippen molar-refractivity contribution < 1.29 is 9.53 Å². The Labute approximate surface area is 106 Å². The van der Waals surface area contributed by atoms with Crippen LogP contribution in [-0.2, 0) is 0 Å². The molecule has 5 heteroatoms. The highest BCUT2D eigenvalue weighted by Crippen LogP contribution is 2.22. The molecule has 0 atom stereocenters. The normalized spacial score (nSPS) is 10.6. The van der Waals surface area contributed by atoms with Gasteiger partial charge < -0.3 is 15.8 Å². The average Bonchev–Trinajstić information content (AvgIpc) is 2.23. The Bertz CT molecular complexity index is 394. The SMILES string of the molecule is CC(C)NCCOc1cc(Cl)ccc1C(N)=O. The van der Waals surface area contributed by atoms with Crippen LogP contribution in [0.5, 0.6) is 5.75 Å². The number of primary amides is 1. The predicted octanol–water partition coefficient (Wildman–Crippen LogP) is 1.82. The molecule has 0 unspecified atom stereocenters. The second-order valence-corrected chi connectivity index (χ2v) is 4.40. The fourth-order valence-corrected chi connectivity index (χ4v) is 1.49. The van der Waals surface area contributed by atoms with Crippen LogP contribution in [0.2, 0.25) is 5.02 Å². The third-order valence-corrected chi connectivity index (χ3v) is 2.36. The Balaban J connectivity index is 2.62. The maximum absolute atomic E-state index is 11.2. The highest BCUT2D eigenvalue weighted by atomic mass is 35.5. The van der Waals surface area contributed by atoms with Gasteiger partial charge in [0.05, 0.1) is 5.56 Å². The molecule has 0 saturated heterocycles. The van der Waals surface area contributed by atoms with Crippen molar-refractivity contribution in [2.45, 2.75) is 19.9 Å². The molecule has 94 valence electrons. The topological polar surface area (TPSA) is 64.3 Å². The lowest BCUT2D eigenvalue weighted by Crippen LogP contribution is -2.27. The largest absolute Gasteiger partial charge is 0.491 e. The van der Waals surface area contributed by atoms with Crippen LogP contribution in [0.25, 0.3) is 0 Å². The number of nitrogens with two attached hydrogens (primary N) is 1. The number of nitrogens with one attached hydrogen (secondary N) is 1. The van der Waals surface area contributed by atoms with E-state index in [-0.39, 0.29) is 0 Å². The molecule has 4 nitrogen and oxygen atoms in total. The van der Waals surface area contributed by atoms with Gasteiger partial charge in [0.1, 0.15) is 12.4 Å². The lowest BCUT2D eigenvalue weighted by molar-refractivity contribution is 0.0996. The first-order valence-electron chi connectivity index (χ1n) is 5.46. The summed E-state index contributed by atoms with van der Waals surface area (Å²) in [6.45, 7) is 5.25. The van der Waals surface area contributed by atoms with E-state index in [2.05, 4.69) is 5.32 Å². The van der Waals surface area contributed by atoms with Gasteiger partial charge in [-0.2, -0.15) is 0 Å². The van der Waals surface area contributed by atoms with Crippen LogP contribution in [0, 0.1) is 0 Å². The summed E-state index contributed by atoms with van der Waals surface area (Å²) in [7, 11) is 0. The lowest BCUT2D eigenvalue weighted by Gasteiger charge is -2.12. The zero-order valence-corrected chi connectivity index (χ0v) is 10.8. The first kappa shape index (κ1) is 13.8. The van der Waals surface area contributed by atoms with Gasteiger partial charge in [-0.25, -0.2) is 0 Å². The molecule has 1 rings (SSSR count). The molecule has 0 aromatic heterocycles. The van der Waals surface area contributed by atoms with E-state index in [1.807, 2.05) is 13.8 Å². The molecule has 0 spiro atoms. The maximum atomic E-state index is 11.2. The van der Waals surface area contributed by atoms with Crippen molar-refractivity contribution >= 4 is 17.5 Å². The van der Waals surface area contributed by atoms with Crippen molar-refractivity contribution in [2.24, 2.45) is 5.73 Å². The van der Waals surface area contributed by atoms with Gasteiger partial charge in [-0.15, -0.1) is 0 Å². The summed E-state index contributed by atoms with van der Waals surface area (Å²) in [5.41, 5.74) is 5.59. The van der Waals surface area contributed by atoms with Crippen LogP contribution < -0.4 is 15.8 Å². The fraction of sp³-hybridized carbons (Fsp3) is 0.417. The molecule has 0 aliphatic heterocycles. The van der Waals surface area contributed by atoms with Crippen molar-refractivity contribution in [3.63, 3.8) is 0 Å². The van der Waals surface area contributed by atoms with E-state index in [0.29, 0.717) is 35.5 Å². The van der Waals surface area contributed by atoms with Gasteiger partial charge in [0.15, 0.2) is 0 Å². The highest BCUT2D eigenvalue weighted by Gasteiger charge is 2.09. The van der Waals surface area contributed by atoms with Crippen LogP contribution in [-0.4, -0.2) is 25.1 Å². The maximum Gasteiger partial charge on any atom is 0.252 e. The third kappa shape index (κ3) is 4.63. The van der Waals surface area contributed by atoms with Crippen LogP contribution in [0.15, 0.2) is 18.2 Å². The zero-order valence-electron chi connectivity index (χ0n) is 10.00. The number of benzene rings is 1. The molecule has 0 saturated carbocycles. The standard InChI is InChI=1S/C12H17ClN2O2/c1-8(2)15-5-6-17-11-7-9(13)3-4-10(11)12(14)16/h3-4,7-8,15H,5-6H2,1-2H3,(H2,14,16). The molecule has 0 aliphatic rings. The summed E-state index contributed by atoms with van der Waals surface area (Å²) in [5, 5.41) is 3.72. The van der Waals surface area contributed by atoms with Crippen LogP contribution in [0.1, 0.15) is 24.2 Å². The van der Waals surface area contributed by atoms with Crippen molar-refractivity contribution in [1.29, 1.82) is 0 Å². The first-order valence-corrected chi connectivity index (χ1v) is 5.84. The molecule has 0 fully saturated rings. The smallest absolute Gasteiger partial charge is 0.252 e. The van der Waals surface area contributed by atoms with Gasteiger partial charge in [-0.05, 0) is 18.2 Å². The Morgan fingerprint density at radius 1 is 1.53 bits per heavy atom. The number of hydrogen-bond donors (Lipinski definition) is 2. The number of amides is 1. The van der Waals surface area contributed by atoms with Gasteiger partial charge in [0, 0.05) is 17.6 Å². The summed E-state index contributed by atoms with van der Waals surface area (Å²) in [5.74, 6) is -0.0935. The Morgan fingerprint density at radius 3 is 2.82 bits per heavy atom. The van der Waals surface area contributed by atoms with E-state index in [0.717, 1.165) is 0 Å². The Kier molecular flexibility index (Phi) is 5.25. The number of carbonyl (C=O) groups excluding carboxylic acids is 1. The van der Waals surface area contributed by atoms with Crippen molar-refractivity contribution in [3.8, 4) is 5.75 Å². The van der Waals surface area contributed by atoms with Crippen LogP contribution in [0.3, 0.4) is 0 Å². The molecular weight excluding hydrogens is 240 g/mol. The number of carbonyl (C=O) groups is 1. The monoisotopic (exact) mass is 256 g/mol. The third-order valence-electron chi connectivity index (χ3n) is 2.12. The quantitative estimate of drug-likeness (QED) is 0.763. The molecule has 0 radical (unpaired) electrons. The van der Waals surface area contributed by atoms with Crippen LogP contribution in [0.4, 0.5) is 0 Å². The molecule has 0 bridgehead atoms. The van der Waals surface area contributed by atoms with Crippen molar-refractivity contribution in [3.05, 3.63) is 28.8 Å². The molecule has 17 heavy (non-hydrogen) atoms. The molecule has 0 aliphatic carbocycles. The lowest BCUT2D eigenvalue weighted by atomic mass is 10.2. The number of hydrogen-bond acceptors (Lipinski definition) is 3. The molecule has 1 aromatic carbocycles. The van der Waals surface area contributed by atoms with Gasteiger partial charge in [-0.3, -0.25) is 4.79 Å². The Hall–Kier alpha value is -1.26. The van der Waals surface area contributed by atoms with Gasteiger partial charge in [0.25, 0.3) is 5.91 Å². The number of ether oxygens (including phenoxy) is 1. The summed E-state index contributed by atoms with van der Waals surface area (Å²) < 4.78 is 5.48. The van der Waals surface area contributed by atoms with Gasteiger partial charge in [0.2, 0.25) is 0 Å².